The molecule has 2 aromatic rings. The van der Waals surface area contributed by atoms with Crippen LogP contribution in [0.2, 0.25) is 0 Å². The van der Waals surface area contributed by atoms with E-state index in [1.54, 1.807) is 44.4 Å². The van der Waals surface area contributed by atoms with Crippen molar-refractivity contribution < 1.29 is 33.3 Å². The maximum atomic E-state index is 12.8. The van der Waals surface area contributed by atoms with Crippen LogP contribution in [-0.4, -0.2) is 65.2 Å². The molecule has 0 N–H and O–H groups in total. The first-order chi connectivity index (χ1) is 16.4. The second-order valence-electron chi connectivity index (χ2n) is 7.72. The van der Waals surface area contributed by atoms with Crippen molar-refractivity contribution in [2.45, 2.75) is 19.3 Å². The van der Waals surface area contributed by atoms with Gasteiger partial charge in [-0.05, 0) is 30.2 Å². The van der Waals surface area contributed by atoms with Crippen molar-refractivity contribution >= 4 is 17.3 Å². The van der Waals surface area contributed by atoms with Crippen molar-refractivity contribution in [2.75, 3.05) is 48.6 Å². The molecule has 0 bridgehead atoms. The first-order valence-electron chi connectivity index (χ1n) is 11.0. The van der Waals surface area contributed by atoms with Crippen molar-refractivity contribution in [1.82, 2.24) is 4.90 Å². The number of rotatable bonds is 10. The summed E-state index contributed by atoms with van der Waals surface area (Å²) in [4.78, 5) is 27.1. The molecule has 0 saturated heterocycles. The lowest BCUT2D eigenvalue weighted by molar-refractivity contribution is -0.130. The molecular formula is C26H31NO7. The van der Waals surface area contributed by atoms with Crippen LogP contribution in [0.25, 0.3) is 5.57 Å². The third-order valence-electron chi connectivity index (χ3n) is 5.87. The van der Waals surface area contributed by atoms with Crippen molar-refractivity contribution in [1.29, 1.82) is 0 Å². The SMILES string of the molecule is COc1cc(OC)c(C2=CCN(C(=O)CCC(=O)c3ccc(OC)c(OC)c3)CC2)c(OC)c1. The van der Waals surface area contributed by atoms with Crippen LogP contribution in [0.5, 0.6) is 28.7 Å². The van der Waals surface area contributed by atoms with Gasteiger partial charge in [0.2, 0.25) is 5.91 Å². The lowest BCUT2D eigenvalue weighted by atomic mass is 9.96. The largest absolute Gasteiger partial charge is 0.496 e. The molecule has 1 aliphatic heterocycles. The van der Waals surface area contributed by atoms with Gasteiger partial charge in [0, 0.05) is 43.6 Å². The van der Waals surface area contributed by atoms with Crippen LogP contribution in [0.1, 0.15) is 35.2 Å². The Bertz CT molecular complexity index is 1050. The number of hydrogen-bond acceptors (Lipinski definition) is 7. The maximum Gasteiger partial charge on any atom is 0.223 e. The Kier molecular flexibility index (Phi) is 8.40. The highest BCUT2D eigenvalue weighted by atomic mass is 16.5. The van der Waals surface area contributed by atoms with E-state index >= 15 is 0 Å². The van der Waals surface area contributed by atoms with Crippen LogP contribution in [-0.2, 0) is 4.79 Å². The first-order valence-corrected chi connectivity index (χ1v) is 11.0. The van der Waals surface area contributed by atoms with Gasteiger partial charge >= 0.3 is 0 Å². The van der Waals surface area contributed by atoms with Gasteiger partial charge in [0.15, 0.2) is 17.3 Å². The van der Waals surface area contributed by atoms with Gasteiger partial charge in [0.05, 0.1) is 41.1 Å². The summed E-state index contributed by atoms with van der Waals surface area (Å²) in [7, 11) is 7.86. The number of nitrogens with zero attached hydrogens (tertiary/aromatic N) is 1. The molecule has 3 rings (SSSR count). The number of methoxy groups -OCH3 is 5. The van der Waals surface area contributed by atoms with E-state index < -0.39 is 0 Å². The van der Waals surface area contributed by atoms with Crippen molar-refractivity contribution in [3.63, 3.8) is 0 Å². The van der Waals surface area contributed by atoms with Gasteiger partial charge in [-0.15, -0.1) is 0 Å². The minimum Gasteiger partial charge on any atom is -0.496 e. The van der Waals surface area contributed by atoms with E-state index in [1.165, 1.54) is 14.2 Å². The second kappa shape index (κ2) is 11.4. The predicted molar refractivity (Wildman–Crippen MR) is 128 cm³/mol. The van der Waals surface area contributed by atoms with E-state index in [2.05, 4.69) is 0 Å². The van der Waals surface area contributed by atoms with Gasteiger partial charge in [-0.25, -0.2) is 0 Å². The number of Topliss-reactive ketones (excluding diaryl/α,β-unsaturated/α-hetero) is 1. The molecule has 8 heteroatoms. The lowest BCUT2D eigenvalue weighted by Gasteiger charge is -2.28. The minimum atomic E-state index is -0.116. The fourth-order valence-electron chi connectivity index (χ4n) is 3.98. The summed E-state index contributed by atoms with van der Waals surface area (Å²) in [6.07, 6.45) is 2.92. The van der Waals surface area contributed by atoms with Gasteiger partial charge < -0.3 is 28.6 Å². The standard InChI is InChI=1S/C26H31NO7/c1-30-19-15-23(33-4)26(24(16-19)34-5)17-10-12-27(13-11-17)25(29)9-7-20(28)18-6-8-21(31-2)22(14-18)32-3/h6,8,10,14-16H,7,9,11-13H2,1-5H3. The number of carbonyl (C=O) groups is 2. The number of hydrogen-bond donors (Lipinski definition) is 0. The molecule has 34 heavy (non-hydrogen) atoms. The average Bonchev–Trinajstić information content (AvgIpc) is 2.90. The van der Waals surface area contributed by atoms with Gasteiger partial charge in [-0.1, -0.05) is 6.08 Å². The number of amides is 1. The average molecular weight is 470 g/mol. The van der Waals surface area contributed by atoms with Gasteiger partial charge in [0.1, 0.15) is 17.2 Å². The van der Waals surface area contributed by atoms with E-state index in [1.807, 2.05) is 18.2 Å². The monoisotopic (exact) mass is 469 g/mol. The lowest BCUT2D eigenvalue weighted by Crippen LogP contribution is -2.34. The molecule has 0 radical (unpaired) electrons. The van der Waals surface area contributed by atoms with Crippen LogP contribution in [0.3, 0.4) is 0 Å². The topological polar surface area (TPSA) is 83.5 Å². The van der Waals surface area contributed by atoms with E-state index in [0.29, 0.717) is 53.8 Å². The summed E-state index contributed by atoms with van der Waals surface area (Å²) < 4.78 is 26.9. The molecule has 8 nitrogen and oxygen atoms in total. The zero-order valence-corrected chi connectivity index (χ0v) is 20.3. The predicted octanol–water partition coefficient (Wildman–Crippen LogP) is 4.01. The highest BCUT2D eigenvalue weighted by Crippen LogP contribution is 2.41. The highest BCUT2D eigenvalue weighted by Gasteiger charge is 2.23. The van der Waals surface area contributed by atoms with E-state index in [0.717, 1.165) is 11.1 Å². The zero-order chi connectivity index (χ0) is 24.7. The third-order valence-corrected chi connectivity index (χ3v) is 5.87. The van der Waals surface area contributed by atoms with Gasteiger partial charge in [-0.3, -0.25) is 9.59 Å². The molecular weight excluding hydrogens is 438 g/mol. The molecule has 182 valence electrons. The van der Waals surface area contributed by atoms with Gasteiger partial charge in [-0.2, -0.15) is 0 Å². The molecule has 1 amide bonds. The fraction of sp³-hybridized carbons (Fsp3) is 0.385. The molecule has 0 unspecified atom stereocenters. The molecule has 1 aliphatic rings. The second-order valence-corrected chi connectivity index (χ2v) is 7.72. The molecule has 1 heterocycles. The Balaban J connectivity index is 1.65. The van der Waals surface area contributed by atoms with E-state index in [9.17, 15) is 9.59 Å². The molecule has 0 saturated carbocycles. The van der Waals surface area contributed by atoms with Gasteiger partial charge in [0.25, 0.3) is 0 Å². The van der Waals surface area contributed by atoms with Crippen LogP contribution in [0, 0.1) is 0 Å². The van der Waals surface area contributed by atoms with E-state index in [-0.39, 0.29) is 24.5 Å². The third kappa shape index (κ3) is 5.44. The zero-order valence-electron chi connectivity index (χ0n) is 20.3. The van der Waals surface area contributed by atoms with Crippen molar-refractivity contribution in [2.24, 2.45) is 0 Å². The molecule has 0 aromatic heterocycles. The smallest absolute Gasteiger partial charge is 0.223 e. The number of benzene rings is 2. The summed E-state index contributed by atoms with van der Waals surface area (Å²) in [6.45, 7) is 1.00. The van der Waals surface area contributed by atoms with Crippen LogP contribution >= 0.6 is 0 Å². The highest BCUT2D eigenvalue weighted by molar-refractivity contribution is 5.98. The quantitative estimate of drug-likeness (QED) is 0.486. The number of ketones is 1. The van der Waals surface area contributed by atoms with Crippen LogP contribution < -0.4 is 23.7 Å². The molecule has 2 aromatic carbocycles. The molecule has 0 fully saturated rings. The summed E-state index contributed by atoms with van der Waals surface area (Å²) in [5.74, 6) is 2.82. The minimum absolute atomic E-state index is 0.0576. The Labute approximate surface area is 200 Å². The van der Waals surface area contributed by atoms with Crippen LogP contribution in [0.4, 0.5) is 0 Å². The Morgan fingerprint density at radius 1 is 0.794 bits per heavy atom. The summed E-state index contributed by atoms with van der Waals surface area (Å²) in [6, 6.07) is 8.63. The Morgan fingerprint density at radius 2 is 1.44 bits per heavy atom. The molecule has 0 aliphatic carbocycles. The van der Waals surface area contributed by atoms with Crippen LogP contribution in [0.15, 0.2) is 36.4 Å². The molecule has 0 spiro atoms. The van der Waals surface area contributed by atoms with Crippen molar-refractivity contribution in [3.05, 3.63) is 47.5 Å². The molecule has 0 atom stereocenters. The van der Waals surface area contributed by atoms with Crippen molar-refractivity contribution in [3.8, 4) is 28.7 Å². The number of ether oxygens (including phenoxy) is 5. The Hall–Kier alpha value is -3.68. The fourth-order valence-corrected chi connectivity index (χ4v) is 3.98. The number of carbonyl (C=O) groups excluding carboxylic acids is 2. The Morgan fingerprint density at radius 3 is 1.97 bits per heavy atom. The van der Waals surface area contributed by atoms with E-state index in [4.69, 9.17) is 23.7 Å². The normalized spacial score (nSPS) is 13.1. The summed E-state index contributed by atoms with van der Waals surface area (Å²) in [5.41, 5.74) is 2.40. The summed E-state index contributed by atoms with van der Waals surface area (Å²) in [5, 5.41) is 0. The summed E-state index contributed by atoms with van der Waals surface area (Å²) >= 11 is 0. The maximum absolute atomic E-state index is 12.8. The first kappa shape index (κ1) is 25.0.